The standard InChI is InChI=1S/C15H23N3O3/c1-10-5-4-7-18(12(10)9-19)15(21)16-13-11(2)6-8-17(3)14(13)20/h6,8,10,12,19H,4-5,7,9H2,1-3H3,(H,16,21). The minimum atomic E-state index is -0.313. The van der Waals surface area contributed by atoms with Crippen LogP contribution in [0.1, 0.15) is 25.3 Å². The first-order valence-electron chi connectivity index (χ1n) is 7.30. The molecular weight excluding hydrogens is 270 g/mol. The van der Waals surface area contributed by atoms with Crippen molar-refractivity contribution in [1.29, 1.82) is 0 Å². The zero-order valence-electron chi connectivity index (χ0n) is 12.8. The number of hydrogen-bond acceptors (Lipinski definition) is 3. The first-order valence-corrected chi connectivity index (χ1v) is 7.30. The number of carbonyl (C=O) groups excluding carboxylic acids is 1. The molecule has 0 spiro atoms. The number of piperidine rings is 1. The lowest BCUT2D eigenvalue weighted by molar-refractivity contribution is 0.0811. The average Bonchev–Trinajstić information content (AvgIpc) is 2.47. The number of aliphatic hydroxyl groups is 1. The van der Waals surface area contributed by atoms with Crippen molar-refractivity contribution < 1.29 is 9.90 Å². The maximum atomic E-state index is 12.5. The summed E-state index contributed by atoms with van der Waals surface area (Å²) in [7, 11) is 1.65. The lowest BCUT2D eigenvalue weighted by Crippen LogP contribution is -2.51. The minimum absolute atomic E-state index is 0.0552. The normalized spacial score (nSPS) is 22.2. The van der Waals surface area contributed by atoms with Crippen molar-refractivity contribution in [3.05, 3.63) is 28.2 Å². The van der Waals surface area contributed by atoms with E-state index in [1.54, 1.807) is 31.1 Å². The zero-order chi connectivity index (χ0) is 15.6. The number of pyridine rings is 1. The number of carbonyl (C=O) groups is 1. The van der Waals surface area contributed by atoms with Crippen LogP contribution in [0.15, 0.2) is 17.1 Å². The second-order valence-corrected chi connectivity index (χ2v) is 5.78. The molecule has 6 nitrogen and oxygen atoms in total. The molecule has 21 heavy (non-hydrogen) atoms. The Morgan fingerprint density at radius 3 is 2.90 bits per heavy atom. The summed E-state index contributed by atoms with van der Waals surface area (Å²) >= 11 is 0. The molecule has 2 rings (SSSR count). The van der Waals surface area contributed by atoms with E-state index in [1.165, 1.54) is 4.57 Å². The first kappa shape index (κ1) is 15.6. The number of likely N-dealkylation sites (tertiary alicyclic amines) is 1. The summed E-state index contributed by atoms with van der Waals surface area (Å²) in [6.07, 6.45) is 3.59. The Hall–Kier alpha value is -1.82. The molecular formula is C15H23N3O3. The van der Waals surface area contributed by atoms with Gasteiger partial charge < -0.3 is 19.9 Å². The quantitative estimate of drug-likeness (QED) is 0.863. The highest BCUT2D eigenvalue weighted by Crippen LogP contribution is 2.23. The van der Waals surface area contributed by atoms with Gasteiger partial charge in [0.15, 0.2) is 0 Å². The van der Waals surface area contributed by atoms with Crippen LogP contribution in [0, 0.1) is 12.8 Å². The largest absolute Gasteiger partial charge is 0.394 e. The van der Waals surface area contributed by atoms with Crippen molar-refractivity contribution in [2.75, 3.05) is 18.5 Å². The van der Waals surface area contributed by atoms with E-state index in [1.807, 2.05) is 6.92 Å². The summed E-state index contributed by atoms with van der Waals surface area (Å²) in [6.45, 7) is 4.38. The summed E-state index contributed by atoms with van der Waals surface area (Å²) in [4.78, 5) is 26.2. The van der Waals surface area contributed by atoms with E-state index in [0.29, 0.717) is 12.2 Å². The van der Waals surface area contributed by atoms with Gasteiger partial charge in [-0.15, -0.1) is 0 Å². The highest BCUT2D eigenvalue weighted by molar-refractivity contribution is 5.90. The van der Waals surface area contributed by atoms with E-state index in [-0.39, 0.29) is 30.2 Å². The summed E-state index contributed by atoms with van der Waals surface area (Å²) in [5, 5.41) is 12.2. The molecule has 0 bridgehead atoms. The predicted octanol–water partition coefficient (Wildman–Crippen LogP) is 1.32. The number of hydrogen-bond donors (Lipinski definition) is 2. The average molecular weight is 293 g/mol. The maximum absolute atomic E-state index is 12.5. The van der Waals surface area contributed by atoms with Gasteiger partial charge in [-0.2, -0.15) is 0 Å². The Morgan fingerprint density at radius 2 is 2.24 bits per heavy atom. The molecule has 2 N–H and O–H groups in total. The summed E-state index contributed by atoms with van der Waals surface area (Å²) in [6, 6.07) is 1.29. The Kier molecular flexibility index (Phi) is 4.67. The second-order valence-electron chi connectivity index (χ2n) is 5.78. The maximum Gasteiger partial charge on any atom is 0.322 e. The van der Waals surface area contributed by atoms with Crippen molar-refractivity contribution in [3.63, 3.8) is 0 Å². The number of aliphatic hydroxyl groups excluding tert-OH is 1. The van der Waals surface area contributed by atoms with Gasteiger partial charge in [0, 0.05) is 19.8 Å². The highest BCUT2D eigenvalue weighted by atomic mass is 16.3. The van der Waals surface area contributed by atoms with Crippen molar-refractivity contribution in [2.45, 2.75) is 32.7 Å². The van der Waals surface area contributed by atoms with Crippen LogP contribution >= 0.6 is 0 Å². The number of amides is 2. The van der Waals surface area contributed by atoms with Crippen molar-refractivity contribution in [3.8, 4) is 0 Å². The predicted molar refractivity (Wildman–Crippen MR) is 81.4 cm³/mol. The Labute approximate surface area is 124 Å². The molecule has 1 saturated heterocycles. The van der Waals surface area contributed by atoms with Gasteiger partial charge in [-0.1, -0.05) is 6.92 Å². The van der Waals surface area contributed by atoms with Crippen molar-refractivity contribution >= 4 is 11.7 Å². The van der Waals surface area contributed by atoms with Gasteiger partial charge in [-0.05, 0) is 37.3 Å². The van der Waals surface area contributed by atoms with Gasteiger partial charge in [0.25, 0.3) is 5.56 Å². The highest BCUT2D eigenvalue weighted by Gasteiger charge is 2.31. The lowest BCUT2D eigenvalue weighted by Gasteiger charge is -2.38. The molecule has 0 aliphatic carbocycles. The molecule has 1 aromatic heterocycles. The Bertz CT molecular complexity index is 582. The van der Waals surface area contributed by atoms with Crippen LogP contribution in [0.25, 0.3) is 0 Å². The zero-order valence-corrected chi connectivity index (χ0v) is 12.8. The topological polar surface area (TPSA) is 74.6 Å². The number of aromatic nitrogens is 1. The van der Waals surface area contributed by atoms with E-state index in [2.05, 4.69) is 5.32 Å². The molecule has 2 amide bonds. The number of nitrogens with zero attached hydrogens (tertiary/aromatic N) is 2. The third-order valence-corrected chi connectivity index (χ3v) is 4.27. The molecule has 0 saturated carbocycles. The molecule has 0 radical (unpaired) electrons. The summed E-state index contributed by atoms with van der Waals surface area (Å²) in [5.41, 5.74) is 0.811. The molecule has 1 aromatic rings. The number of anilines is 1. The van der Waals surface area contributed by atoms with E-state index in [9.17, 15) is 14.7 Å². The number of urea groups is 1. The van der Waals surface area contributed by atoms with Crippen LogP contribution in [-0.4, -0.2) is 39.8 Å². The Morgan fingerprint density at radius 1 is 1.52 bits per heavy atom. The fourth-order valence-corrected chi connectivity index (χ4v) is 2.83. The molecule has 1 fully saturated rings. The molecule has 116 valence electrons. The fourth-order valence-electron chi connectivity index (χ4n) is 2.83. The van der Waals surface area contributed by atoms with Crippen LogP contribution in [0.2, 0.25) is 0 Å². The van der Waals surface area contributed by atoms with Gasteiger partial charge in [-0.25, -0.2) is 4.79 Å². The molecule has 1 aliphatic rings. The van der Waals surface area contributed by atoms with Gasteiger partial charge in [0.05, 0.1) is 12.6 Å². The molecule has 6 heteroatoms. The third-order valence-electron chi connectivity index (χ3n) is 4.27. The fraction of sp³-hybridized carbons (Fsp3) is 0.600. The number of rotatable bonds is 2. The molecule has 1 aliphatic heterocycles. The van der Waals surface area contributed by atoms with E-state index in [0.717, 1.165) is 18.4 Å². The lowest BCUT2D eigenvalue weighted by atomic mass is 9.91. The van der Waals surface area contributed by atoms with Crippen LogP contribution in [0.5, 0.6) is 0 Å². The number of aryl methyl sites for hydroxylation is 2. The summed E-state index contributed by atoms with van der Waals surface area (Å²) in [5.74, 6) is 0.259. The Balaban J connectivity index is 2.22. The van der Waals surface area contributed by atoms with Crippen molar-refractivity contribution in [1.82, 2.24) is 9.47 Å². The van der Waals surface area contributed by atoms with Crippen LogP contribution in [0.4, 0.5) is 10.5 Å². The third kappa shape index (κ3) is 3.10. The SMILES string of the molecule is Cc1ccn(C)c(=O)c1NC(=O)N1CCCC(C)C1CO. The molecule has 2 atom stereocenters. The first-order chi connectivity index (χ1) is 9.95. The smallest absolute Gasteiger partial charge is 0.322 e. The van der Waals surface area contributed by atoms with E-state index >= 15 is 0 Å². The van der Waals surface area contributed by atoms with Crippen LogP contribution in [-0.2, 0) is 7.05 Å². The van der Waals surface area contributed by atoms with Gasteiger partial charge in [0.1, 0.15) is 5.69 Å². The second kappa shape index (κ2) is 6.30. The van der Waals surface area contributed by atoms with Crippen LogP contribution in [0.3, 0.4) is 0 Å². The van der Waals surface area contributed by atoms with E-state index in [4.69, 9.17) is 0 Å². The van der Waals surface area contributed by atoms with Crippen LogP contribution < -0.4 is 10.9 Å². The van der Waals surface area contributed by atoms with Crippen molar-refractivity contribution in [2.24, 2.45) is 13.0 Å². The monoisotopic (exact) mass is 293 g/mol. The molecule has 2 unspecified atom stereocenters. The molecule has 2 heterocycles. The van der Waals surface area contributed by atoms with Gasteiger partial charge >= 0.3 is 6.03 Å². The van der Waals surface area contributed by atoms with E-state index < -0.39 is 0 Å². The minimum Gasteiger partial charge on any atom is -0.394 e. The van der Waals surface area contributed by atoms with Gasteiger partial charge in [-0.3, -0.25) is 4.79 Å². The van der Waals surface area contributed by atoms with Gasteiger partial charge in [0.2, 0.25) is 0 Å². The summed E-state index contributed by atoms with van der Waals surface area (Å²) < 4.78 is 1.44. The molecule has 0 aromatic carbocycles. The number of nitrogens with one attached hydrogen (secondary N) is 1.